The number of amides is 1. The molecule has 3 rings (SSSR count). The molecule has 2 aromatic rings. The van der Waals surface area contributed by atoms with E-state index in [0.717, 1.165) is 37.2 Å². The molecule has 0 aromatic heterocycles. The fraction of sp³-hybridized carbons (Fsp3) is 0.375. The van der Waals surface area contributed by atoms with Crippen LogP contribution in [0.1, 0.15) is 30.9 Å². The SMILES string of the molecule is CCN1c2ccccc2CC(CCCN(C)C)(C(N)=O)c2ccccc21.O=C(O)C(=O)O. The third-order valence-electron chi connectivity index (χ3n) is 5.66. The van der Waals surface area contributed by atoms with E-state index in [1.54, 1.807) is 0 Å². The number of nitrogens with zero attached hydrogens (tertiary/aromatic N) is 2. The van der Waals surface area contributed by atoms with E-state index < -0.39 is 17.4 Å². The molecular weight excluding hydrogens is 410 g/mol. The molecule has 0 radical (unpaired) electrons. The lowest BCUT2D eigenvalue weighted by Gasteiger charge is -2.32. The molecule has 8 nitrogen and oxygen atoms in total. The van der Waals surface area contributed by atoms with Crippen LogP contribution in [0.2, 0.25) is 0 Å². The van der Waals surface area contributed by atoms with E-state index in [4.69, 9.17) is 25.5 Å². The van der Waals surface area contributed by atoms with Crippen LogP contribution >= 0.6 is 0 Å². The van der Waals surface area contributed by atoms with Crippen molar-refractivity contribution in [2.24, 2.45) is 5.73 Å². The number of hydrogen-bond donors (Lipinski definition) is 3. The summed E-state index contributed by atoms with van der Waals surface area (Å²) in [5.41, 5.74) is 9.93. The predicted octanol–water partition coefficient (Wildman–Crippen LogP) is 2.62. The first-order valence-electron chi connectivity index (χ1n) is 10.5. The molecule has 1 heterocycles. The number of carboxylic acid groups (broad SMARTS) is 2. The quantitative estimate of drug-likeness (QED) is 0.589. The molecule has 32 heavy (non-hydrogen) atoms. The van der Waals surface area contributed by atoms with Crippen LogP contribution in [-0.4, -0.2) is 60.1 Å². The topological polar surface area (TPSA) is 124 Å². The Morgan fingerprint density at radius 1 is 1.00 bits per heavy atom. The summed E-state index contributed by atoms with van der Waals surface area (Å²) in [6, 6.07) is 16.7. The van der Waals surface area contributed by atoms with Gasteiger partial charge in [0, 0.05) is 17.9 Å². The highest BCUT2D eigenvalue weighted by atomic mass is 16.4. The number of aliphatic carboxylic acids is 2. The summed E-state index contributed by atoms with van der Waals surface area (Å²) >= 11 is 0. The van der Waals surface area contributed by atoms with Crippen molar-refractivity contribution in [3.05, 3.63) is 59.7 Å². The lowest BCUT2D eigenvalue weighted by molar-refractivity contribution is -0.159. The lowest BCUT2D eigenvalue weighted by Crippen LogP contribution is -2.43. The Bertz CT molecular complexity index is 964. The van der Waals surface area contributed by atoms with Crippen molar-refractivity contribution >= 4 is 29.2 Å². The summed E-state index contributed by atoms with van der Waals surface area (Å²) in [7, 11) is 4.12. The van der Waals surface area contributed by atoms with Crippen LogP contribution in [0.3, 0.4) is 0 Å². The minimum atomic E-state index is -1.82. The first kappa shape index (κ1) is 24.9. The number of carbonyl (C=O) groups is 3. The highest BCUT2D eigenvalue weighted by molar-refractivity contribution is 6.27. The number of rotatable bonds is 6. The third kappa shape index (κ3) is 5.45. The number of benzene rings is 2. The van der Waals surface area contributed by atoms with Crippen molar-refractivity contribution in [2.75, 3.05) is 32.1 Å². The molecule has 2 aromatic carbocycles. The number of para-hydroxylation sites is 2. The summed E-state index contributed by atoms with van der Waals surface area (Å²) in [6.07, 6.45) is 2.33. The Morgan fingerprint density at radius 2 is 1.56 bits per heavy atom. The molecule has 4 N–H and O–H groups in total. The molecule has 1 aliphatic heterocycles. The Morgan fingerprint density at radius 3 is 2.09 bits per heavy atom. The minimum Gasteiger partial charge on any atom is -0.473 e. The highest BCUT2D eigenvalue weighted by Crippen LogP contribution is 2.46. The van der Waals surface area contributed by atoms with E-state index in [-0.39, 0.29) is 5.91 Å². The Balaban J connectivity index is 0.000000534. The maximum absolute atomic E-state index is 12.9. The highest BCUT2D eigenvalue weighted by Gasteiger charge is 2.43. The van der Waals surface area contributed by atoms with Gasteiger partial charge in [-0.2, -0.15) is 0 Å². The average Bonchev–Trinajstić information content (AvgIpc) is 2.86. The fourth-order valence-corrected chi connectivity index (χ4v) is 4.19. The van der Waals surface area contributed by atoms with Crippen LogP contribution in [-0.2, 0) is 26.2 Å². The zero-order valence-corrected chi connectivity index (χ0v) is 18.7. The molecular formula is C24H31N3O5. The second-order valence-electron chi connectivity index (χ2n) is 8.03. The predicted molar refractivity (Wildman–Crippen MR) is 123 cm³/mol. The van der Waals surface area contributed by atoms with E-state index in [9.17, 15) is 4.79 Å². The second-order valence-corrected chi connectivity index (χ2v) is 8.03. The number of hydrogen-bond acceptors (Lipinski definition) is 5. The van der Waals surface area contributed by atoms with E-state index in [2.05, 4.69) is 61.2 Å². The summed E-state index contributed by atoms with van der Waals surface area (Å²) < 4.78 is 0. The standard InChI is InChI=1S/C22H29N3O.C2H2O4/c1-4-25-19-12-7-5-10-17(19)16-22(21(23)26,14-9-15-24(2)3)18-11-6-8-13-20(18)25;3-1(4)2(5)6/h5-8,10-13H,4,9,14-16H2,1-3H3,(H2,23,26);(H,3,4)(H,5,6). The normalized spacial score (nSPS) is 16.8. The lowest BCUT2D eigenvalue weighted by atomic mass is 9.71. The van der Waals surface area contributed by atoms with Gasteiger partial charge in [0.05, 0.1) is 5.41 Å². The number of nitrogens with two attached hydrogens (primary N) is 1. The number of primary amides is 1. The number of fused-ring (bicyclic) bond motifs is 2. The number of carbonyl (C=O) groups excluding carboxylic acids is 1. The summed E-state index contributed by atoms with van der Waals surface area (Å²) in [5, 5.41) is 14.8. The summed E-state index contributed by atoms with van der Waals surface area (Å²) in [5.74, 6) is -3.87. The molecule has 0 saturated heterocycles. The summed E-state index contributed by atoms with van der Waals surface area (Å²) in [6.45, 7) is 3.94. The van der Waals surface area contributed by atoms with Crippen LogP contribution < -0.4 is 10.6 Å². The van der Waals surface area contributed by atoms with E-state index in [1.807, 2.05) is 18.2 Å². The van der Waals surface area contributed by atoms with Crippen molar-refractivity contribution in [3.63, 3.8) is 0 Å². The maximum Gasteiger partial charge on any atom is 0.414 e. The first-order valence-corrected chi connectivity index (χ1v) is 10.5. The largest absolute Gasteiger partial charge is 0.473 e. The molecule has 1 atom stereocenters. The molecule has 1 unspecified atom stereocenters. The van der Waals surface area contributed by atoms with Gasteiger partial charge >= 0.3 is 11.9 Å². The molecule has 1 amide bonds. The van der Waals surface area contributed by atoms with Gasteiger partial charge in [0.15, 0.2) is 0 Å². The van der Waals surface area contributed by atoms with Gasteiger partial charge in [0.2, 0.25) is 5.91 Å². The van der Waals surface area contributed by atoms with Gasteiger partial charge < -0.3 is 25.7 Å². The van der Waals surface area contributed by atoms with Gasteiger partial charge in [0.1, 0.15) is 0 Å². The van der Waals surface area contributed by atoms with Crippen molar-refractivity contribution in [3.8, 4) is 0 Å². The number of anilines is 2. The van der Waals surface area contributed by atoms with Crippen molar-refractivity contribution in [1.82, 2.24) is 4.90 Å². The Kier molecular flexibility index (Phi) is 8.37. The molecule has 0 fully saturated rings. The monoisotopic (exact) mass is 441 g/mol. The van der Waals surface area contributed by atoms with Gasteiger partial charge in [0.25, 0.3) is 0 Å². The smallest absolute Gasteiger partial charge is 0.414 e. The van der Waals surface area contributed by atoms with Gasteiger partial charge in [-0.05, 0) is 70.1 Å². The molecule has 0 saturated carbocycles. The van der Waals surface area contributed by atoms with Crippen LogP contribution in [0.5, 0.6) is 0 Å². The van der Waals surface area contributed by atoms with Crippen LogP contribution in [0.25, 0.3) is 0 Å². The second kappa shape index (κ2) is 10.8. The molecule has 8 heteroatoms. The molecule has 0 aliphatic carbocycles. The van der Waals surface area contributed by atoms with Crippen molar-refractivity contribution in [2.45, 2.75) is 31.6 Å². The van der Waals surface area contributed by atoms with Crippen molar-refractivity contribution in [1.29, 1.82) is 0 Å². The van der Waals surface area contributed by atoms with Crippen LogP contribution in [0.4, 0.5) is 11.4 Å². The number of carboxylic acids is 2. The van der Waals surface area contributed by atoms with Gasteiger partial charge in [-0.3, -0.25) is 4.79 Å². The molecule has 1 aliphatic rings. The first-order chi connectivity index (χ1) is 15.1. The van der Waals surface area contributed by atoms with Crippen molar-refractivity contribution < 1.29 is 24.6 Å². The minimum absolute atomic E-state index is 0.225. The van der Waals surface area contributed by atoms with Crippen LogP contribution in [0.15, 0.2) is 48.5 Å². The Hall–Kier alpha value is -3.39. The molecule has 0 spiro atoms. The van der Waals surface area contributed by atoms with Crippen LogP contribution in [0, 0.1) is 0 Å². The Labute approximate surface area is 188 Å². The van der Waals surface area contributed by atoms with Gasteiger partial charge in [-0.25, -0.2) is 9.59 Å². The average molecular weight is 442 g/mol. The molecule has 0 bridgehead atoms. The summed E-state index contributed by atoms with van der Waals surface area (Å²) in [4.78, 5) is 35.5. The van der Waals surface area contributed by atoms with E-state index >= 15 is 0 Å². The third-order valence-corrected chi connectivity index (χ3v) is 5.66. The van der Waals surface area contributed by atoms with E-state index in [0.29, 0.717) is 6.42 Å². The van der Waals surface area contributed by atoms with E-state index in [1.165, 1.54) is 11.3 Å². The zero-order chi connectivity index (χ0) is 23.9. The zero-order valence-electron chi connectivity index (χ0n) is 18.7. The van der Waals surface area contributed by atoms with Gasteiger partial charge in [-0.15, -0.1) is 0 Å². The maximum atomic E-state index is 12.9. The fourth-order valence-electron chi connectivity index (χ4n) is 4.19. The molecule has 172 valence electrons. The van der Waals surface area contributed by atoms with Gasteiger partial charge in [-0.1, -0.05) is 36.4 Å².